The van der Waals surface area contributed by atoms with E-state index in [1.165, 1.54) is 22.7 Å². The van der Waals surface area contributed by atoms with Crippen molar-refractivity contribution in [2.24, 2.45) is 0 Å². The lowest BCUT2D eigenvalue weighted by molar-refractivity contribution is -0.137. The monoisotopic (exact) mass is 282 g/mol. The van der Waals surface area contributed by atoms with Crippen LogP contribution < -0.4 is 5.32 Å². The highest BCUT2D eigenvalue weighted by Crippen LogP contribution is 2.22. The molecule has 1 saturated heterocycles. The number of nitrogens with zero attached hydrogens (tertiary/aromatic N) is 1. The molecule has 2 unspecified atom stereocenters. The molecule has 1 N–H and O–H groups in total. The maximum absolute atomic E-state index is 11.9. The van der Waals surface area contributed by atoms with Crippen molar-refractivity contribution in [3.8, 4) is 0 Å². The number of hydrogen-bond acceptors (Lipinski definition) is 3. The summed E-state index contributed by atoms with van der Waals surface area (Å²) in [4.78, 5) is 24.7. The molecule has 0 aliphatic carbocycles. The minimum atomic E-state index is -0.413. The summed E-state index contributed by atoms with van der Waals surface area (Å²) in [6.07, 6.45) is 0.243. The number of fused-ring (bicyclic) bond motifs is 1. The zero-order valence-corrected chi connectivity index (χ0v) is 12.2. The van der Waals surface area contributed by atoms with E-state index in [1.807, 2.05) is 19.1 Å². The predicted molar refractivity (Wildman–Crippen MR) is 81.7 cm³/mol. The van der Waals surface area contributed by atoms with Crippen molar-refractivity contribution in [1.29, 1.82) is 0 Å². The summed E-state index contributed by atoms with van der Waals surface area (Å²) in [5.74, 6) is -0.268. The average molecular weight is 282 g/mol. The van der Waals surface area contributed by atoms with E-state index in [9.17, 15) is 9.59 Å². The number of likely N-dealkylation sites (N-methyl/N-ethyl adjacent to an activating group) is 1. The van der Waals surface area contributed by atoms with Crippen LogP contribution >= 0.6 is 0 Å². The number of hydrogen-bond donors (Lipinski definition) is 1. The standard InChI is InChI=1S/C17H18N2O2/c1-11(18-15-10-16(20)19(2)17(15)21)13-8-7-12-5-3-4-6-14(12)9-13/h3-9,11,15,18H,10H2,1-2H3. The Balaban J connectivity index is 1.79. The summed E-state index contributed by atoms with van der Waals surface area (Å²) >= 11 is 0. The minimum Gasteiger partial charge on any atom is -0.299 e. The van der Waals surface area contributed by atoms with Crippen LogP contribution in [0.1, 0.15) is 24.9 Å². The summed E-state index contributed by atoms with van der Waals surface area (Å²) in [6.45, 7) is 2.01. The van der Waals surface area contributed by atoms with Crippen LogP contribution in [0.3, 0.4) is 0 Å². The Morgan fingerprint density at radius 1 is 1.14 bits per heavy atom. The molecule has 1 aliphatic rings. The first-order chi connectivity index (χ1) is 10.1. The van der Waals surface area contributed by atoms with Gasteiger partial charge in [0, 0.05) is 13.1 Å². The molecule has 1 aliphatic heterocycles. The van der Waals surface area contributed by atoms with Crippen molar-refractivity contribution in [3.63, 3.8) is 0 Å². The van der Waals surface area contributed by atoms with Gasteiger partial charge in [0.25, 0.3) is 0 Å². The van der Waals surface area contributed by atoms with Crippen molar-refractivity contribution < 1.29 is 9.59 Å². The molecule has 2 amide bonds. The van der Waals surface area contributed by atoms with Gasteiger partial charge in [-0.3, -0.25) is 19.8 Å². The molecule has 0 radical (unpaired) electrons. The highest BCUT2D eigenvalue weighted by molar-refractivity contribution is 6.05. The number of benzene rings is 2. The van der Waals surface area contributed by atoms with Crippen LogP contribution in [-0.2, 0) is 9.59 Å². The molecule has 3 rings (SSSR count). The molecule has 2 aromatic rings. The van der Waals surface area contributed by atoms with E-state index in [4.69, 9.17) is 0 Å². The van der Waals surface area contributed by atoms with Crippen LogP contribution in [0.15, 0.2) is 42.5 Å². The highest BCUT2D eigenvalue weighted by Gasteiger charge is 2.36. The second-order valence-electron chi connectivity index (χ2n) is 5.54. The van der Waals surface area contributed by atoms with E-state index in [0.717, 1.165) is 5.56 Å². The Kier molecular flexibility index (Phi) is 3.47. The molecule has 0 aromatic heterocycles. The number of likely N-dealkylation sites (tertiary alicyclic amines) is 1. The largest absolute Gasteiger partial charge is 0.299 e. The maximum Gasteiger partial charge on any atom is 0.246 e. The van der Waals surface area contributed by atoms with Crippen molar-refractivity contribution in [2.75, 3.05) is 7.05 Å². The lowest BCUT2D eigenvalue weighted by atomic mass is 10.0. The summed E-state index contributed by atoms with van der Waals surface area (Å²) in [5.41, 5.74) is 1.11. The molecule has 1 fully saturated rings. The first-order valence-electron chi connectivity index (χ1n) is 7.11. The average Bonchev–Trinajstić information content (AvgIpc) is 2.74. The number of carbonyl (C=O) groups excluding carboxylic acids is 2. The molecular formula is C17H18N2O2. The smallest absolute Gasteiger partial charge is 0.246 e. The van der Waals surface area contributed by atoms with E-state index < -0.39 is 6.04 Å². The van der Waals surface area contributed by atoms with Crippen molar-refractivity contribution >= 4 is 22.6 Å². The number of carbonyl (C=O) groups is 2. The molecule has 4 heteroatoms. The molecular weight excluding hydrogens is 264 g/mol. The number of rotatable bonds is 3. The van der Waals surface area contributed by atoms with Gasteiger partial charge in [0.05, 0.1) is 12.5 Å². The third-order valence-corrected chi connectivity index (χ3v) is 4.11. The highest BCUT2D eigenvalue weighted by atomic mass is 16.2. The first-order valence-corrected chi connectivity index (χ1v) is 7.11. The fourth-order valence-corrected chi connectivity index (χ4v) is 2.76. The van der Waals surface area contributed by atoms with Crippen molar-refractivity contribution in [3.05, 3.63) is 48.0 Å². The minimum absolute atomic E-state index is 0.0165. The SMILES string of the molecule is CC(NC1CC(=O)N(C)C1=O)c1ccc2ccccc2c1. The summed E-state index contributed by atoms with van der Waals surface area (Å²) in [7, 11) is 1.53. The first kappa shape index (κ1) is 13.8. The second-order valence-corrected chi connectivity index (χ2v) is 5.54. The summed E-state index contributed by atoms with van der Waals surface area (Å²) in [5, 5.41) is 5.63. The topological polar surface area (TPSA) is 49.4 Å². The second kappa shape index (κ2) is 5.30. The quantitative estimate of drug-likeness (QED) is 0.878. The summed E-state index contributed by atoms with van der Waals surface area (Å²) < 4.78 is 0. The fourth-order valence-electron chi connectivity index (χ4n) is 2.76. The van der Waals surface area contributed by atoms with Crippen LogP contribution in [0.5, 0.6) is 0 Å². The third-order valence-electron chi connectivity index (χ3n) is 4.11. The fraction of sp³-hybridized carbons (Fsp3) is 0.294. The normalized spacial score (nSPS) is 20.3. The van der Waals surface area contributed by atoms with Gasteiger partial charge in [0.2, 0.25) is 11.8 Å². The van der Waals surface area contributed by atoms with Gasteiger partial charge in [-0.05, 0) is 29.3 Å². The van der Waals surface area contributed by atoms with Crippen LogP contribution in [0.4, 0.5) is 0 Å². The van der Waals surface area contributed by atoms with E-state index in [1.54, 1.807) is 0 Å². The van der Waals surface area contributed by atoms with Crippen LogP contribution in [-0.4, -0.2) is 29.8 Å². The Bertz CT molecular complexity index is 711. The van der Waals surface area contributed by atoms with Gasteiger partial charge in [-0.2, -0.15) is 0 Å². The van der Waals surface area contributed by atoms with Gasteiger partial charge in [-0.15, -0.1) is 0 Å². The molecule has 0 spiro atoms. The van der Waals surface area contributed by atoms with Gasteiger partial charge in [-0.25, -0.2) is 0 Å². The summed E-state index contributed by atoms with van der Waals surface area (Å²) in [6, 6.07) is 14.0. The van der Waals surface area contributed by atoms with Gasteiger partial charge >= 0.3 is 0 Å². The molecule has 108 valence electrons. The molecule has 0 bridgehead atoms. The molecule has 4 nitrogen and oxygen atoms in total. The van der Waals surface area contributed by atoms with Crippen LogP contribution in [0, 0.1) is 0 Å². The van der Waals surface area contributed by atoms with E-state index in [0.29, 0.717) is 0 Å². The predicted octanol–water partition coefficient (Wildman–Crippen LogP) is 2.25. The molecule has 1 heterocycles. The van der Waals surface area contributed by atoms with Crippen LogP contribution in [0.2, 0.25) is 0 Å². The molecule has 21 heavy (non-hydrogen) atoms. The van der Waals surface area contributed by atoms with Crippen LogP contribution in [0.25, 0.3) is 10.8 Å². The Morgan fingerprint density at radius 3 is 2.52 bits per heavy atom. The lowest BCUT2D eigenvalue weighted by Crippen LogP contribution is -2.38. The van der Waals surface area contributed by atoms with Gasteiger partial charge in [0.15, 0.2) is 0 Å². The Labute approximate surface area is 123 Å². The molecule has 2 atom stereocenters. The van der Waals surface area contributed by atoms with Crippen molar-refractivity contribution in [1.82, 2.24) is 10.2 Å². The van der Waals surface area contributed by atoms with E-state index >= 15 is 0 Å². The maximum atomic E-state index is 11.9. The third kappa shape index (κ3) is 2.54. The number of imide groups is 1. The van der Waals surface area contributed by atoms with E-state index in [-0.39, 0.29) is 24.3 Å². The van der Waals surface area contributed by atoms with Gasteiger partial charge < -0.3 is 0 Å². The zero-order valence-electron chi connectivity index (χ0n) is 12.2. The van der Waals surface area contributed by atoms with Crippen molar-refractivity contribution in [2.45, 2.75) is 25.4 Å². The molecule has 0 saturated carbocycles. The van der Waals surface area contributed by atoms with E-state index in [2.05, 4.69) is 35.6 Å². The Hall–Kier alpha value is -2.20. The van der Waals surface area contributed by atoms with Gasteiger partial charge in [-0.1, -0.05) is 36.4 Å². The number of nitrogens with one attached hydrogen (secondary N) is 1. The molecule has 2 aromatic carbocycles. The Morgan fingerprint density at radius 2 is 1.86 bits per heavy atom. The van der Waals surface area contributed by atoms with Gasteiger partial charge in [0.1, 0.15) is 0 Å². The number of amides is 2. The zero-order chi connectivity index (χ0) is 15.0. The lowest BCUT2D eigenvalue weighted by Gasteiger charge is -2.18.